The highest BCUT2D eigenvalue weighted by molar-refractivity contribution is 5.94. The SMILES string of the molecule is COC[C@H](NC(=O)c1ccc(N2CCCCC2)cc1)c1ccccn1. The van der Waals surface area contributed by atoms with Gasteiger partial charge in [-0.05, 0) is 55.7 Å². The summed E-state index contributed by atoms with van der Waals surface area (Å²) in [5.74, 6) is -0.113. The molecule has 1 aliphatic heterocycles. The fourth-order valence-corrected chi connectivity index (χ4v) is 3.17. The Morgan fingerprint density at radius 2 is 1.92 bits per heavy atom. The van der Waals surface area contributed by atoms with Crippen molar-refractivity contribution < 1.29 is 9.53 Å². The van der Waals surface area contributed by atoms with Crippen molar-refractivity contribution >= 4 is 11.6 Å². The minimum Gasteiger partial charge on any atom is -0.382 e. The second-order valence-corrected chi connectivity index (χ2v) is 6.33. The number of piperidine rings is 1. The van der Waals surface area contributed by atoms with Gasteiger partial charge in [0, 0.05) is 37.6 Å². The van der Waals surface area contributed by atoms with Crippen LogP contribution in [0.4, 0.5) is 5.69 Å². The summed E-state index contributed by atoms with van der Waals surface area (Å²) >= 11 is 0. The Balaban J connectivity index is 1.67. The first-order chi connectivity index (χ1) is 12.3. The molecule has 2 heterocycles. The summed E-state index contributed by atoms with van der Waals surface area (Å²) in [6.45, 7) is 2.58. The molecule has 0 unspecified atom stereocenters. The van der Waals surface area contributed by atoms with Crippen LogP contribution in [0.15, 0.2) is 48.7 Å². The van der Waals surface area contributed by atoms with E-state index in [1.54, 1.807) is 13.3 Å². The first-order valence-electron chi connectivity index (χ1n) is 8.83. The Kier molecular flexibility index (Phi) is 6.01. The third-order valence-corrected chi connectivity index (χ3v) is 4.53. The molecule has 1 N–H and O–H groups in total. The van der Waals surface area contributed by atoms with E-state index in [2.05, 4.69) is 15.2 Å². The number of hydrogen-bond acceptors (Lipinski definition) is 4. The lowest BCUT2D eigenvalue weighted by Gasteiger charge is -2.28. The van der Waals surface area contributed by atoms with Crippen LogP contribution < -0.4 is 10.2 Å². The molecule has 1 fully saturated rings. The molecule has 0 saturated carbocycles. The standard InChI is InChI=1S/C20H25N3O2/c1-25-15-19(18-7-3-4-12-21-18)22-20(24)16-8-10-17(11-9-16)23-13-5-2-6-14-23/h3-4,7-12,19H,2,5-6,13-15H2,1H3,(H,22,24)/t19-/m0/s1. The van der Waals surface area contributed by atoms with Crippen molar-refractivity contribution in [1.82, 2.24) is 10.3 Å². The molecule has 1 saturated heterocycles. The third-order valence-electron chi connectivity index (χ3n) is 4.53. The highest BCUT2D eigenvalue weighted by Crippen LogP contribution is 2.20. The lowest BCUT2D eigenvalue weighted by Crippen LogP contribution is -2.32. The number of pyridine rings is 1. The Morgan fingerprint density at radius 3 is 2.56 bits per heavy atom. The van der Waals surface area contributed by atoms with E-state index < -0.39 is 0 Å². The van der Waals surface area contributed by atoms with Gasteiger partial charge in [-0.15, -0.1) is 0 Å². The topological polar surface area (TPSA) is 54.5 Å². The quantitative estimate of drug-likeness (QED) is 0.878. The zero-order chi connectivity index (χ0) is 17.5. The van der Waals surface area contributed by atoms with Gasteiger partial charge in [0.2, 0.25) is 0 Å². The fraction of sp³-hybridized carbons (Fsp3) is 0.400. The Morgan fingerprint density at radius 1 is 1.16 bits per heavy atom. The number of ether oxygens (including phenoxy) is 1. The summed E-state index contributed by atoms with van der Waals surface area (Å²) in [5.41, 5.74) is 2.63. The number of carbonyl (C=O) groups is 1. The van der Waals surface area contributed by atoms with Crippen LogP contribution in [0.2, 0.25) is 0 Å². The maximum atomic E-state index is 12.6. The summed E-state index contributed by atoms with van der Waals surface area (Å²) in [7, 11) is 1.62. The first-order valence-corrected chi connectivity index (χ1v) is 8.83. The molecule has 1 aromatic carbocycles. The van der Waals surface area contributed by atoms with Crippen molar-refractivity contribution in [2.75, 3.05) is 31.7 Å². The molecule has 5 heteroatoms. The van der Waals surface area contributed by atoms with Gasteiger partial charge in [0.05, 0.1) is 18.3 Å². The van der Waals surface area contributed by atoms with Gasteiger partial charge in [-0.1, -0.05) is 6.07 Å². The predicted molar refractivity (Wildman–Crippen MR) is 98.8 cm³/mol. The number of anilines is 1. The molecule has 0 bridgehead atoms. The average molecular weight is 339 g/mol. The van der Waals surface area contributed by atoms with Gasteiger partial charge < -0.3 is 15.0 Å². The third kappa shape index (κ3) is 4.57. The van der Waals surface area contributed by atoms with Gasteiger partial charge in [0.25, 0.3) is 5.91 Å². The van der Waals surface area contributed by atoms with E-state index in [-0.39, 0.29) is 11.9 Å². The number of amides is 1. The van der Waals surface area contributed by atoms with Gasteiger partial charge >= 0.3 is 0 Å². The normalized spacial score (nSPS) is 15.6. The summed E-state index contributed by atoms with van der Waals surface area (Å²) in [5, 5.41) is 3.01. The van der Waals surface area contributed by atoms with E-state index in [4.69, 9.17) is 4.74 Å². The highest BCUT2D eigenvalue weighted by atomic mass is 16.5. The van der Waals surface area contributed by atoms with E-state index >= 15 is 0 Å². The second kappa shape index (κ2) is 8.62. The minimum atomic E-state index is -0.263. The van der Waals surface area contributed by atoms with Crippen LogP contribution >= 0.6 is 0 Å². The van der Waals surface area contributed by atoms with Crippen LogP contribution in [0, 0.1) is 0 Å². The molecular weight excluding hydrogens is 314 g/mol. The molecule has 1 amide bonds. The second-order valence-electron chi connectivity index (χ2n) is 6.33. The molecule has 1 atom stereocenters. The van der Waals surface area contributed by atoms with Crippen molar-refractivity contribution in [2.24, 2.45) is 0 Å². The summed E-state index contributed by atoms with van der Waals surface area (Å²) in [4.78, 5) is 19.3. The molecule has 3 rings (SSSR count). The van der Waals surface area contributed by atoms with Crippen molar-refractivity contribution in [1.29, 1.82) is 0 Å². The monoisotopic (exact) mass is 339 g/mol. The lowest BCUT2D eigenvalue weighted by atomic mass is 10.1. The van der Waals surface area contributed by atoms with E-state index in [1.165, 1.54) is 24.9 Å². The van der Waals surface area contributed by atoms with Gasteiger partial charge in [0.1, 0.15) is 0 Å². The van der Waals surface area contributed by atoms with Crippen LogP contribution in [0.25, 0.3) is 0 Å². The minimum absolute atomic E-state index is 0.113. The van der Waals surface area contributed by atoms with Crippen LogP contribution in [0.1, 0.15) is 41.4 Å². The number of carbonyl (C=O) groups excluding carboxylic acids is 1. The molecule has 0 spiro atoms. The molecule has 0 aliphatic carbocycles. The molecule has 1 aliphatic rings. The zero-order valence-electron chi connectivity index (χ0n) is 14.6. The van der Waals surface area contributed by atoms with Crippen molar-refractivity contribution in [3.8, 4) is 0 Å². The zero-order valence-corrected chi connectivity index (χ0v) is 14.6. The Hall–Kier alpha value is -2.40. The van der Waals surface area contributed by atoms with E-state index in [9.17, 15) is 4.79 Å². The number of rotatable bonds is 6. The highest BCUT2D eigenvalue weighted by Gasteiger charge is 2.17. The molecule has 5 nitrogen and oxygen atoms in total. The average Bonchev–Trinajstić information content (AvgIpc) is 2.69. The molecule has 1 aromatic heterocycles. The van der Waals surface area contributed by atoms with E-state index in [0.717, 1.165) is 18.8 Å². The Labute approximate surface area is 149 Å². The van der Waals surface area contributed by atoms with Crippen molar-refractivity contribution in [2.45, 2.75) is 25.3 Å². The van der Waals surface area contributed by atoms with Crippen molar-refractivity contribution in [3.63, 3.8) is 0 Å². The predicted octanol–water partition coefficient (Wildman–Crippen LogP) is 3.19. The van der Waals surface area contributed by atoms with Gasteiger partial charge in [0.15, 0.2) is 0 Å². The van der Waals surface area contributed by atoms with E-state index in [1.807, 2.05) is 42.5 Å². The Bertz CT molecular complexity index is 667. The van der Waals surface area contributed by atoms with E-state index in [0.29, 0.717) is 12.2 Å². The number of nitrogens with zero attached hydrogens (tertiary/aromatic N) is 2. The molecule has 2 aromatic rings. The van der Waals surface area contributed by atoms with Crippen molar-refractivity contribution in [3.05, 3.63) is 59.9 Å². The molecule has 132 valence electrons. The number of methoxy groups -OCH3 is 1. The number of aromatic nitrogens is 1. The summed E-state index contributed by atoms with van der Waals surface area (Å²) in [6, 6.07) is 13.2. The number of hydrogen-bond donors (Lipinski definition) is 1. The molecular formula is C20H25N3O2. The van der Waals surface area contributed by atoms with Gasteiger partial charge in [-0.3, -0.25) is 9.78 Å². The number of benzene rings is 1. The lowest BCUT2D eigenvalue weighted by molar-refractivity contribution is 0.0894. The molecule has 25 heavy (non-hydrogen) atoms. The number of nitrogens with one attached hydrogen (secondary N) is 1. The van der Waals surface area contributed by atoms with Crippen LogP contribution in [0.3, 0.4) is 0 Å². The maximum Gasteiger partial charge on any atom is 0.251 e. The first kappa shape index (κ1) is 17.4. The van der Waals surface area contributed by atoms with Crippen LogP contribution in [-0.4, -0.2) is 37.7 Å². The summed E-state index contributed by atoms with van der Waals surface area (Å²) < 4.78 is 5.23. The largest absolute Gasteiger partial charge is 0.382 e. The van der Waals surface area contributed by atoms with Crippen LogP contribution in [0.5, 0.6) is 0 Å². The summed E-state index contributed by atoms with van der Waals surface area (Å²) in [6.07, 6.45) is 5.51. The molecule has 0 radical (unpaired) electrons. The van der Waals surface area contributed by atoms with Gasteiger partial charge in [-0.25, -0.2) is 0 Å². The van der Waals surface area contributed by atoms with Gasteiger partial charge in [-0.2, -0.15) is 0 Å². The van der Waals surface area contributed by atoms with Crippen LogP contribution in [-0.2, 0) is 4.74 Å². The fourth-order valence-electron chi connectivity index (χ4n) is 3.17. The maximum absolute atomic E-state index is 12.6. The smallest absolute Gasteiger partial charge is 0.251 e.